The predicted molar refractivity (Wildman–Crippen MR) is 91.9 cm³/mol. The maximum absolute atomic E-state index is 8.96. The Labute approximate surface area is 137 Å². The summed E-state index contributed by atoms with van der Waals surface area (Å²) in [5.74, 6) is 0. The molecule has 2 atom stereocenters. The molecular formula is C19H36O3. The number of allylic oxidation sites excluding steroid dienone is 2. The standard InChI is InChI=1S/C19H36O3/c1-2-3-4-5-6-7-8-9-10-11-12-13-14-15-19-21-17-18(16-20)22-19/h7-8,18-20H,2-6,9-17H2,1H3/b8-7-/t18-,19-/m1/s1. The third-order valence-corrected chi connectivity index (χ3v) is 4.22. The minimum atomic E-state index is -0.0984. The van der Waals surface area contributed by atoms with Crippen LogP contribution in [0.5, 0.6) is 0 Å². The largest absolute Gasteiger partial charge is 0.394 e. The molecule has 1 aliphatic rings. The van der Waals surface area contributed by atoms with Crippen LogP contribution in [0, 0.1) is 0 Å². The number of ether oxygens (including phenoxy) is 2. The fraction of sp³-hybridized carbons (Fsp3) is 0.895. The van der Waals surface area contributed by atoms with Gasteiger partial charge in [0.15, 0.2) is 6.29 Å². The average molecular weight is 312 g/mol. The van der Waals surface area contributed by atoms with Crippen molar-refractivity contribution < 1.29 is 14.6 Å². The highest BCUT2D eigenvalue weighted by atomic mass is 16.7. The van der Waals surface area contributed by atoms with E-state index >= 15 is 0 Å². The molecule has 1 N–H and O–H groups in total. The maximum atomic E-state index is 8.96. The van der Waals surface area contributed by atoms with Gasteiger partial charge in [0.05, 0.1) is 13.2 Å². The van der Waals surface area contributed by atoms with Crippen LogP contribution >= 0.6 is 0 Å². The molecule has 1 heterocycles. The van der Waals surface area contributed by atoms with Gasteiger partial charge in [-0.3, -0.25) is 0 Å². The Balaban J connectivity index is 1.77. The fourth-order valence-corrected chi connectivity index (χ4v) is 2.78. The van der Waals surface area contributed by atoms with Gasteiger partial charge in [-0.25, -0.2) is 0 Å². The first kappa shape index (κ1) is 19.7. The van der Waals surface area contributed by atoms with Crippen LogP contribution in [0.25, 0.3) is 0 Å². The zero-order chi connectivity index (χ0) is 15.9. The lowest BCUT2D eigenvalue weighted by Gasteiger charge is -2.09. The lowest BCUT2D eigenvalue weighted by Crippen LogP contribution is -2.16. The molecule has 0 saturated carbocycles. The fourth-order valence-electron chi connectivity index (χ4n) is 2.78. The lowest BCUT2D eigenvalue weighted by molar-refractivity contribution is -0.0701. The molecule has 0 bridgehead atoms. The third-order valence-electron chi connectivity index (χ3n) is 4.22. The molecule has 0 radical (unpaired) electrons. The van der Waals surface area contributed by atoms with E-state index in [9.17, 15) is 0 Å². The Morgan fingerprint density at radius 1 is 0.909 bits per heavy atom. The van der Waals surface area contributed by atoms with Gasteiger partial charge in [0.1, 0.15) is 6.10 Å². The van der Waals surface area contributed by atoms with E-state index in [1.54, 1.807) is 0 Å². The molecule has 0 unspecified atom stereocenters. The highest BCUT2D eigenvalue weighted by Gasteiger charge is 2.24. The SMILES string of the molecule is CCCCCC/C=C\CCCCCCC[C@@H]1OC[C@@H](CO)O1. The van der Waals surface area contributed by atoms with Crippen molar-refractivity contribution in [3.8, 4) is 0 Å². The van der Waals surface area contributed by atoms with E-state index in [0.29, 0.717) is 6.61 Å². The summed E-state index contributed by atoms with van der Waals surface area (Å²) in [4.78, 5) is 0. The van der Waals surface area contributed by atoms with Crippen molar-refractivity contribution in [2.75, 3.05) is 13.2 Å². The van der Waals surface area contributed by atoms with Gasteiger partial charge in [0.25, 0.3) is 0 Å². The Kier molecular flexibility index (Phi) is 12.7. The third kappa shape index (κ3) is 10.4. The summed E-state index contributed by atoms with van der Waals surface area (Å²) in [6.07, 6.45) is 19.8. The second-order valence-electron chi connectivity index (χ2n) is 6.37. The number of hydrogen-bond donors (Lipinski definition) is 1. The molecule has 0 spiro atoms. The van der Waals surface area contributed by atoms with E-state index < -0.39 is 0 Å². The first-order chi connectivity index (χ1) is 10.9. The van der Waals surface area contributed by atoms with Crippen molar-refractivity contribution in [1.82, 2.24) is 0 Å². The van der Waals surface area contributed by atoms with E-state index in [4.69, 9.17) is 14.6 Å². The van der Waals surface area contributed by atoms with E-state index in [2.05, 4.69) is 19.1 Å². The van der Waals surface area contributed by atoms with Crippen molar-refractivity contribution in [2.24, 2.45) is 0 Å². The minimum Gasteiger partial charge on any atom is -0.394 e. The summed E-state index contributed by atoms with van der Waals surface area (Å²) >= 11 is 0. The quantitative estimate of drug-likeness (QED) is 0.363. The Morgan fingerprint density at radius 3 is 2.18 bits per heavy atom. The molecule has 1 fully saturated rings. The van der Waals surface area contributed by atoms with Gasteiger partial charge in [-0.15, -0.1) is 0 Å². The second-order valence-corrected chi connectivity index (χ2v) is 6.37. The highest BCUT2D eigenvalue weighted by Crippen LogP contribution is 2.18. The van der Waals surface area contributed by atoms with Crippen LogP contribution in [-0.2, 0) is 9.47 Å². The van der Waals surface area contributed by atoms with Crippen molar-refractivity contribution >= 4 is 0 Å². The van der Waals surface area contributed by atoms with Crippen molar-refractivity contribution in [3.63, 3.8) is 0 Å². The molecule has 1 aliphatic heterocycles. The summed E-state index contributed by atoms with van der Waals surface area (Å²) < 4.78 is 11.0. The monoisotopic (exact) mass is 312 g/mol. The van der Waals surface area contributed by atoms with Gasteiger partial charge in [-0.2, -0.15) is 0 Å². The predicted octanol–water partition coefficient (Wildman–Crippen LogP) is 4.98. The van der Waals surface area contributed by atoms with Gasteiger partial charge in [0.2, 0.25) is 0 Å². The molecule has 22 heavy (non-hydrogen) atoms. The lowest BCUT2D eigenvalue weighted by atomic mass is 10.1. The summed E-state index contributed by atoms with van der Waals surface area (Å²) in [5, 5.41) is 8.96. The molecule has 0 amide bonds. The maximum Gasteiger partial charge on any atom is 0.158 e. The second kappa shape index (κ2) is 14.2. The van der Waals surface area contributed by atoms with Crippen LogP contribution in [0.4, 0.5) is 0 Å². The molecular weight excluding hydrogens is 276 g/mol. The Hall–Kier alpha value is -0.380. The smallest absolute Gasteiger partial charge is 0.158 e. The van der Waals surface area contributed by atoms with E-state index in [1.165, 1.54) is 64.2 Å². The van der Waals surface area contributed by atoms with Gasteiger partial charge in [-0.1, -0.05) is 57.6 Å². The van der Waals surface area contributed by atoms with Gasteiger partial charge >= 0.3 is 0 Å². The normalized spacial score (nSPS) is 21.9. The van der Waals surface area contributed by atoms with E-state index in [-0.39, 0.29) is 19.0 Å². The number of aliphatic hydroxyl groups excluding tert-OH is 1. The Morgan fingerprint density at radius 2 is 1.55 bits per heavy atom. The summed E-state index contributed by atoms with van der Waals surface area (Å²) in [5.41, 5.74) is 0. The minimum absolute atomic E-state index is 0.0720. The topological polar surface area (TPSA) is 38.7 Å². The van der Waals surface area contributed by atoms with Crippen LogP contribution in [0.2, 0.25) is 0 Å². The van der Waals surface area contributed by atoms with Gasteiger partial charge in [-0.05, 0) is 38.5 Å². The van der Waals surface area contributed by atoms with Crippen LogP contribution in [-0.4, -0.2) is 30.7 Å². The molecule has 1 saturated heterocycles. The van der Waals surface area contributed by atoms with Crippen LogP contribution in [0.3, 0.4) is 0 Å². The zero-order valence-corrected chi connectivity index (χ0v) is 14.5. The van der Waals surface area contributed by atoms with Gasteiger partial charge in [0, 0.05) is 0 Å². The number of rotatable bonds is 14. The highest BCUT2D eigenvalue weighted by molar-refractivity contribution is 4.81. The van der Waals surface area contributed by atoms with E-state index in [1.807, 2.05) is 0 Å². The average Bonchev–Trinajstić information content (AvgIpc) is 3.00. The molecule has 0 aromatic carbocycles. The molecule has 3 nitrogen and oxygen atoms in total. The molecule has 130 valence electrons. The first-order valence-corrected chi connectivity index (χ1v) is 9.39. The van der Waals surface area contributed by atoms with Crippen LogP contribution < -0.4 is 0 Å². The Bertz CT molecular complexity index is 265. The molecule has 3 heteroatoms. The molecule has 0 aliphatic carbocycles. The summed E-state index contributed by atoms with van der Waals surface area (Å²) in [6, 6.07) is 0. The van der Waals surface area contributed by atoms with E-state index in [0.717, 1.165) is 12.8 Å². The molecule has 1 rings (SSSR count). The van der Waals surface area contributed by atoms with Crippen LogP contribution in [0.15, 0.2) is 12.2 Å². The molecule has 0 aromatic rings. The first-order valence-electron chi connectivity index (χ1n) is 9.39. The van der Waals surface area contributed by atoms with Gasteiger partial charge < -0.3 is 14.6 Å². The number of aliphatic hydroxyl groups is 1. The summed E-state index contributed by atoms with van der Waals surface area (Å²) in [7, 11) is 0. The van der Waals surface area contributed by atoms with Crippen molar-refractivity contribution in [3.05, 3.63) is 12.2 Å². The van der Waals surface area contributed by atoms with Crippen molar-refractivity contribution in [2.45, 2.75) is 96.4 Å². The number of hydrogen-bond acceptors (Lipinski definition) is 3. The van der Waals surface area contributed by atoms with Crippen molar-refractivity contribution in [1.29, 1.82) is 0 Å². The van der Waals surface area contributed by atoms with Crippen LogP contribution in [0.1, 0.15) is 84.0 Å². The molecule has 0 aromatic heterocycles. The zero-order valence-electron chi connectivity index (χ0n) is 14.5. The summed E-state index contributed by atoms with van der Waals surface area (Å²) in [6.45, 7) is 2.88. The number of unbranched alkanes of at least 4 members (excludes halogenated alkanes) is 9.